The smallest absolute Gasteiger partial charge is 0.318 e. The van der Waals surface area contributed by atoms with Crippen molar-refractivity contribution in [2.24, 2.45) is 11.8 Å². The first-order valence-corrected chi connectivity index (χ1v) is 7.90. The van der Waals surface area contributed by atoms with E-state index in [4.69, 9.17) is 9.15 Å². The van der Waals surface area contributed by atoms with Gasteiger partial charge in [-0.2, -0.15) is 0 Å². The van der Waals surface area contributed by atoms with Gasteiger partial charge in [0.05, 0.1) is 13.2 Å². The van der Waals surface area contributed by atoms with E-state index in [1.807, 2.05) is 0 Å². The molecule has 1 saturated carbocycles. The zero-order chi connectivity index (χ0) is 15.2. The molecule has 0 aliphatic heterocycles. The number of hydrogen-bond acceptors (Lipinski definition) is 6. The van der Waals surface area contributed by atoms with Gasteiger partial charge in [-0.05, 0) is 38.1 Å². The predicted octanol–water partition coefficient (Wildman–Crippen LogP) is 2.07. The van der Waals surface area contributed by atoms with E-state index < -0.39 is 0 Å². The van der Waals surface area contributed by atoms with Crippen LogP contribution in [0.2, 0.25) is 0 Å². The Hall–Kier alpha value is -1.14. The second-order valence-electron chi connectivity index (χ2n) is 6.27. The fourth-order valence-corrected chi connectivity index (χ4v) is 2.40. The van der Waals surface area contributed by atoms with Crippen molar-refractivity contribution >= 4 is 6.01 Å². The summed E-state index contributed by atoms with van der Waals surface area (Å²) in [5.41, 5.74) is 0. The van der Waals surface area contributed by atoms with Crippen molar-refractivity contribution in [1.29, 1.82) is 0 Å². The van der Waals surface area contributed by atoms with Gasteiger partial charge in [0, 0.05) is 19.7 Å². The first-order chi connectivity index (χ1) is 10.1. The minimum Gasteiger partial charge on any atom is -0.407 e. The summed E-state index contributed by atoms with van der Waals surface area (Å²) in [7, 11) is 1.72. The van der Waals surface area contributed by atoms with Crippen LogP contribution in [0.5, 0.6) is 0 Å². The van der Waals surface area contributed by atoms with Gasteiger partial charge >= 0.3 is 6.01 Å². The first-order valence-electron chi connectivity index (χ1n) is 7.90. The number of hydrogen-bond donors (Lipinski definition) is 1. The SMILES string of the molecule is COCCN(c1nnc(CNCC(C)C)o1)C(C)C1CC1. The van der Waals surface area contributed by atoms with Crippen LogP contribution in [0.1, 0.15) is 39.5 Å². The lowest BCUT2D eigenvalue weighted by molar-refractivity contribution is 0.201. The molecule has 1 N–H and O–H groups in total. The number of anilines is 1. The summed E-state index contributed by atoms with van der Waals surface area (Å²) in [5, 5.41) is 11.7. The molecule has 6 nitrogen and oxygen atoms in total. The number of nitrogens with zero attached hydrogens (tertiary/aromatic N) is 3. The van der Waals surface area contributed by atoms with E-state index in [0.29, 0.717) is 37.0 Å². The van der Waals surface area contributed by atoms with Gasteiger partial charge in [0.1, 0.15) is 0 Å². The number of rotatable bonds is 10. The topological polar surface area (TPSA) is 63.4 Å². The summed E-state index contributed by atoms with van der Waals surface area (Å²) in [6.07, 6.45) is 2.59. The first kappa shape index (κ1) is 16.2. The second kappa shape index (κ2) is 7.75. The predicted molar refractivity (Wildman–Crippen MR) is 82.3 cm³/mol. The Morgan fingerprint density at radius 3 is 2.71 bits per heavy atom. The Kier molecular flexibility index (Phi) is 5.99. The highest BCUT2D eigenvalue weighted by molar-refractivity contribution is 5.27. The van der Waals surface area contributed by atoms with Crippen LogP contribution in [-0.4, -0.2) is 43.0 Å². The molecule has 1 aromatic rings. The van der Waals surface area contributed by atoms with Gasteiger partial charge in [-0.15, -0.1) is 5.10 Å². The van der Waals surface area contributed by atoms with Gasteiger partial charge in [0.2, 0.25) is 5.89 Å². The molecule has 1 fully saturated rings. The van der Waals surface area contributed by atoms with Gasteiger partial charge in [0.15, 0.2) is 0 Å². The van der Waals surface area contributed by atoms with Crippen molar-refractivity contribution in [2.75, 3.05) is 31.7 Å². The van der Waals surface area contributed by atoms with Crippen molar-refractivity contribution in [2.45, 2.75) is 46.2 Å². The molecule has 0 bridgehead atoms. The number of methoxy groups -OCH3 is 1. The third-order valence-corrected chi connectivity index (χ3v) is 3.86. The van der Waals surface area contributed by atoms with E-state index >= 15 is 0 Å². The van der Waals surface area contributed by atoms with Gasteiger partial charge in [0.25, 0.3) is 0 Å². The van der Waals surface area contributed by atoms with Crippen LogP contribution in [0.15, 0.2) is 4.42 Å². The molecule has 0 radical (unpaired) electrons. The highest BCUT2D eigenvalue weighted by Crippen LogP contribution is 2.36. The average molecular weight is 296 g/mol. The molecule has 1 heterocycles. The molecule has 120 valence electrons. The molecule has 0 amide bonds. The lowest BCUT2D eigenvalue weighted by Gasteiger charge is -2.26. The van der Waals surface area contributed by atoms with Crippen molar-refractivity contribution in [3.05, 3.63) is 5.89 Å². The normalized spacial score (nSPS) is 16.4. The lowest BCUT2D eigenvalue weighted by Crippen LogP contribution is -2.37. The van der Waals surface area contributed by atoms with Gasteiger partial charge in [-0.1, -0.05) is 18.9 Å². The maximum atomic E-state index is 5.81. The molecule has 6 heteroatoms. The minimum atomic E-state index is 0.428. The van der Waals surface area contributed by atoms with Crippen LogP contribution < -0.4 is 10.2 Å². The molecule has 1 aromatic heterocycles. The van der Waals surface area contributed by atoms with E-state index in [1.165, 1.54) is 12.8 Å². The summed E-state index contributed by atoms with van der Waals surface area (Å²) in [6, 6.07) is 1.05. The average Bonchev–Trinajstić information content (AvgIpc) is 3.20. The zero-order valence-corrected chi connectivity index (χ0v) is 13.6. The zero-order valence-electron chi connectivity index (χ0n) is 13.6. The molecule has 1 aliphatic carbocycles. The van der Waals surface area contributed by atoms with E-state index in [1.54, 1.807) is 7.11 Å². The molecular formula is C15H28N4O2. The van der Waals surface area contributed by atoms with Crippen LogP contribution in [0, 0.1) is 11.8 Å². The third-order valence-electron chi connectivity index (χ3n) is 3.86. The summed E-state index contributed by atoms with van der Waals surface area (Å²) in [4.78, 5) is 2.18. The third kappa shape index (κ3) is 4.97. The molecule has 1 aliphatic rings. The highest BCUT2D eigenvalue weighted by atomic mass is 16.5. The Morgan fingerprint density at radius 2 is 2.10 bits per heavy atom. The molecule has 0 spiro atoms. The van der Waals surface area contributed by atoms with Crippen LogP contribution in [-0.2, 0) is 11.3 Å². The highest BCUT2D eigenvalue weighted by Gasteiger charge is 2.34. The van der Waals surface area contributed by atoms with Crippen LogP contribution in [0.3, 0.4) is 0 Å². The van der Waals surface area contributed by atoms with Crippen LogP contribution in [0.25, 0.3) is 0 Å². The van der Waals surface area contributed by atoms with Crippen molar-refractivity contribution < 1.29 is 9.15 Å². The summed E-state index contributed by atoms with van der Waals surface area (Å²) < 4.78 is 11.0. The molecule has 0 saturated heterocycles. The standard InChI is InChI=1S/C15H28N4O2/c1-11(2)9-16-10-14-17-18-15(21-14)19(7-8-20-4)12(3)13-5-6-13/h11-13,16H,5-10H2,1-4H3. The quantitative estimate of drug-likeness (QED) is 0.713. The van der Waals surface area contributed by atoms with E-state index in [0.717, 1.165) is 19.0 Å². The lowest BCUT2D eigenvalue weighted by atomic mass is 10.2. The van der Waals surface area contributed by atoms with Crippen molar-refractivity contribution in [3.63, 3.8) is 0 Å². The molecule has 1 unspecified atom stereocenters. The largest absolute Gasteiger partial charge is 0.407 e. The Bertz CT molecular complexity index is 418. The second-order valence-corrected chi connectivity index (χ2v) is 6.27. The number of nitrogens with one attached hydrogen (secondary N) is 1. The monoisotopic (exact) mass is 296 g/mol. The van der Waals surface area contributed by atoms with Crippen molar-refractivity contribution in [1.82, 2.24) is 15.5 Å². The maximum absolute atomic E-state index is 5.81. The Balaban J connectivity index is 1.93. The van der Waals surface area contributed by atoms with Gasteiger partial charge in [-0.3, -0.25) is 0 Å². The Morgan fingerprint density at radius 1 is 1.33 bits per heavy atom. The van der Waals surface area contributed by atoms with E-state index in [-0.39, 0.29) is 0 Å². The van der Waals surface area contributed by atoms with E-state index in [9.17, 15) is 0 Å². The van der Waals surface area contributed by atoms with Gasteiger partial charge in [-0.25, -0.2) is 0 Å². The summed E-state index contributed by atoms with van der Waals surface area (Å²) >= 11 is 0. The van der Waals surface area contributed by atoms with Crippen LogP contribution >= 0.6 is 0 Å². The minimum absolute atomic E-state index is 0.428. The van der Waals surface area contributed by atoms with Crippen molar-refractivity contribution in [3.8, 4) is 0 Å². The Labute approximate surface area is 127 Å². The van der Waals surface area contributed by atoms with Crippen LogP contribution in [0.4, 0.5) is 6.01 Å². The molecule has 2 rings (SSSR count). The van der Waals surface area contributed by atoms with Gasteiger partial charge < -0.3 is 19.4 Å². The fourth-order valence-electron chi connectivity index (χ4n) is 2.40. The maximum Gasteiger partial charge on any atom is 0.318 e. The summed E-state index contributed by atoms with van der Waals surface area (Å²) in [6.45, 7) is 9.61. The number of aromatic nitrogens is 2. The molecule has 1 atom stereocenters. The molecule has 21 heavy (non-hydrogen) atoms. The van der Waals surface area contributed by atoms with E-state index in [2.05, 4.69) is 41.2 Å². The molecular weight excluding hydrogens is 268 g/mol. The molecule has 0 aromatic carbocycles. The number of ether oxygens (including phenoxy) is 1. The summed E-state index contributed by atoms with van der Waals surface area (Å²) in [5.74, 6) is 2.01. The fraction of sp³-hybridized carbons (Fsp3) is 0.867.